The maximum absolute atomic E-state index is 11.1. The lowest BCUT2D eigenvalue weighted by Crippen LogP contribution is -2.07. The Balaban J connectivity index is 1.83. The van der Waals surface area contributed by atoms with Gasteiger partial charge in [0.25, 0.3) is 0 Å². The molecule has 0 saturated carbocycles. The van der Waals surface area contributed by atoms with Crippen LogP contribution in [0.15, 0.2) is 48.9 Å². The Kier molecular flexibility index (Phi) is 4.28. The van der Waals surface area contributed by atoms with Crippen molar-refractivity contribution in [3.05, 3.63) is 60.2 Å². The second-order valence-electron chi connectivity index (χ2n) is 4.58. The number of aldehydes is 1. The Morgan fingerprint density at radius 3 is 2.87 bits per heavy atom. The van der Waals surface area contributed by atoms with Crippen molar-refractivity contribution in [1.29, 1.82) is 0 Å². The van der Waals surface area contributed by atoms with Gasteiger partial charge < -0.3 is 9.47 Å². The molecule has 3 aromatic rings. The fourth-order valence-corrected chi connectivity index (χ4v) is 2.06. The average Bonchev–Trinajstić information content (AvgIpc) is 3.14. The van der Waals surface area contributed by atoms with Crippen molar-refractivity contribution in [1.82, 2.24) is 19.7 Å². The van der Waals surface area contributed by atoms with Gasteiger partial charge in [0.15, 0.2) is 12.1 Å². The number of ether oxygens (including phenoxy) is 2. The largest absolute Gasteiger partial charge is 0.486 e. The summed E-state index contributed by atoms with van der Waals surface area (Å²) < 4.78 is 12.4. The van der Waals surface area contributed by atoms with Gasteiger partial charge in [-0.2, -0.15) is 5.10 Å². The smallest absolute Gasteiger partial charge is 0.213 e. The Bertz CT molecular complexity index is 803. The summed E-state index contributed by atoms with van der Waals surface area (Å²) in [6, 6.07) is 8.82. The summed E-state index contributed by atoms with van der Waals surface area (Å²) in [5.74, 6) is 1.42. The van der Waals surface area contributed by atoms with E-state index in [0.717, 1.165) is 5.56 Å². The molecule has 7 nitrogen and oxygen atoms in total. The van der Waals surface area contributed by atoms with Gasteiger partial charge in [-0.1, -0.05) is 6.07 Å². The average molecular weight is 310 g/mol. The van der Waals surface area contributed by atoms with E-state index in [2.05, 4.69) is 15.1 Å². The first-order valence-electron chi connectivity index (χ1n) is 6.88. The molecule has 0 aliphatic carbocycles. The second kappa shape index (κ2) is 6.69. The van der Waals surface area contributed by atoms with Crippen LogP contribution in [0.5, 0.6) is 11.6 Å². The predicted molar refractivity (Wildman–Crippen MR) is 81.9 cm³/mol. The third-order valence-electron chi connectivity index (χ3n) is 3.15. The van der Waals surface area contributed by atoms with Gasteiger partial charge in [0.05, 0.1) is 7.11 Å². The Morgan fingerprint density at radius 2 is 2.13 bits per heavy atom. The summed E-state index contributed by atoms with van der Waals surface area (Å²) in [5.41, 5.74) is 1.03. The summed E-state index contributed by atoms with van der Waals surface area (Å²) in [7, 11) is 1.49. The van der Waals surface area contributed by atoms with Gasteiger partial charge in [-0.25, -0.2) is 14.6 Å². The predicted octanol–water partition coefficient (Wildman–Crippen LogP) is 2.06. The maximum Gasteiger partial charge on any atom is 0.213 e. The Labute approximate surface area is 132 Å². The molecule has 0 fully saturated rings. The molecule has 0 radical (unpaired) electrons. The molecular formula is C16H14N4O3. The lowest BCUT2D eigenvalue weighted by molar-refractivity contribution is 0.111. The molecule has 0 spiro atoms. The highest BCUT2D eigenvalue weighted by molar-refractivity contribution is 5.76. The van der Waals surface area contributed by atoms with Crippen LogP contribution >= 0.6 is 0 Å². The first-order chi connectivity index (χ1) is 11.3. The first-order valence-corrected chi connectivity index (χ1v) is 6.88. The van der Waals surface area contributed by atoms with E-state index in [1.165, 1.54) is 7.11 Å². The van der Waals surface area contributed by atoms with Crippen LogP contribution in [0.4, 0.5) is 0 Å². The van der Waals surface area contributed by atoms with Crippen LogP contribution in [-0.4, -0.2) is 33.1 Å². The molecule has 0 aliphatic rings. The Morgan fingerprint density at radius 1 is 1.22 bits per heavy atom. The van der Waals surface area contributed by atoms with E-state index in [-0.39, 0.29) is 12.3 Å². The SMILES string of the molecule is COc1ccc(OCc2cccnc2-n2cccn2)c(C=O)n1. The van der Waals surface area contributed by atoms with Crippen molar-refractivity contribution >= 4 is 6.29 Å². The summed E-state index contributed by atoms with van der Waals surface area (Å²) in [4.78, 5) is 19.5. The number of methoxy groups -OCH3 is 1. The van der Waals surface area contributed by atoms with E-state index in [0.29, 0.717) is 23.7 Å². The number of nitrogens with zero attached hydrogens (tertiary/aromatic N) is 4. The minimum Gasteiger partial charge on any atom is -0.486 e. The molecule has 0 aliphatic heterocycles. The highest BCUT2D eigenvalue weighted by atomic mass is 16.5. The highest BCUT2D eigenvalue weighted by Crippen LogP contribution is 2.21. The molecule has 116 valence electrons. The molecule has 3 aromatic heterocycles. The summed E-state index contributed by atoms with van der Waals surface area (Å²) in [6.07, 6.45) is 5.80. The fourth-order valence-electron chi connectivity index (χ4n) is 2.06. The van der Waals surface area contributed by atoms with E-state index < -0.39 is 0 Å². The lowest BCUT2D eigenvalue weighted by atomic mass is 10.2. The number of hydrogen-bond acceptors (Lipinski definition) is 6. The second-order valence-corrected chi connectivity index (χ2v) is 4.58. The topological polar surface area (TPSA) is 79.1 Å². The molecule has 23 heavy (non-hydrogen) atoms. The first kappa shape index (κ1) is 14.7. The molecule has 0 saturated heterocycles. The van der Waals surface area contributed by atoms with Crippen molar-refractivity contribution < 1.29 is 14.3 Å². The zero-order valence-electron chi connectivity index (χ0n) is 12.4. The van der Waals surface area contributed by atoms with Crippen LogP contribution in [0, 0.1) is 0 Å². The number of rotatable bonds is 6. The molecule has 0 bridgehead atoms. The highest BCUT2D eigenvalue weighted by Gasteiger charge is 2.10. The van der Waals surface area contributed by atoms with Crippen LogP contribution < -0.4 is 9.47 Å². The molecular weight excluding hydrogens is 296 g/mol. The zero-order chi connectivity index (χ0) is 16.1. The molecule has 0 unspecified atom stereocenters. The quantitative estimate of drug-likeness (QED) is 0.648. The molecule has 0 atom stereocenters. The van der Waals surface area contributed by atoms with Crippen molar-refractivity contribution in [3.63, 3.8) is 0 Å². The summed E-state index contributed by atoms with van der Waals surface area (Å²) in [6.45, 7) is 0.234. The van der Waals surface area contributed by atoms with E-state index in [9.17, 15) is 4.79 Å². The van der Waals surface area contributed by atoms with E-state index in [1.54, 1.807) is 35.4 Å². The minimum absolute atomic E-state index is 0.189. The molecule has 0 aromatic carbocycles. The molecule has 3 rings (SSSR count). The van der Waals surface area contributed by atoms with E-state index >= 15 is 0 Å². The number of carbonyl (C=O) groups excluding carboxylic acids is 1. The third-order valence-corrected chi connectivity index (χ3v) is 3.15. The van der Waals surface area contributed by atoms with Gasteiger partial charge in [0.1, 0.15) is 18.1 Å². The van der Waals surface area contributed by atoms with Crippen LogP contribution in [0.25, 0.3) is 5.82 Å². The monoisotopic (exact) mass is 310 g/mol. The number of carbonyl (C=O) groups is 1. The summed E-state index contributed by atoms with van der Waals surface area (Å²) in [5, 5.41) is 4.17. The van der Waals surface area contributed by atoms with Crippen molar-refractivity contribution in [2.75, 3.05) is 7.11 Å². The number of aromatic nitrogens is 4. The van der Waals surface area contributed by atoms with Gasteiger partial charge in [0, 0.05) is 30.2 Å². The molecule has 3 heterocycles. The maximum atomic E-state index is 11.1. The van der Waals surface area contributed by atoms with Crippen molar-refractivity contribution in [2.45, 2.75) is 6.61 Å². The number of hydrogen-bond donors (Lipinski definition) is 0. The van der Waals surface area contributed by atoms with Crippen LogP contribution in [0.3, 0.4) is 0 Å². The molecule has 7 heteroatoms. The lowest BCUT2D eigenvalue weighted by Gasteiger charge is -2.11. The van der Waals surface area contributed by atoms with Crippen molar-refractivity contribution in [2.24, 2.45) is 0 Å². The minimum atomic E-state index is 0.189. The van der Waals surface area contributed by atoms with Crippen LogP contribution in [-0.2, 0) is 6.61 Å². The standard InChI is InChI=1S/C16H14N4O3/c1-22-15-6-5-14(13(10-21)19-15)23-11-12-4-2-7-17-16(12)20-9-3-8-18-20/h2-10H,11H2,1H3. The fraction of sp³-hybridized carbons (Fsp3) is 0.125. The van der Waals surface area contributed by atoms with Gasteiger partial charge in [-0.15, -0.1) is 0 Å². The third kappa shape index (κ3) is 3.18. The summed E-state index contributed by atoms with van der Waals surface area (Å²) >= 11 is 0. The van der Waals surface area contributed by atoms with Gasteiger partial charge in [0.2, 0.25) is 5.88 Å². The van der Waals surface area contributed by atoms with Gasteiger partial charge in [-0.3, -0.25) is 4.79 Å². The van der Waals surface area contributed by atoms with E-state index in [1.807, 2.05) is 18.2 Å². The van der Waals surface area contributed by atoms with Crippen molar-refractivity contribution in [3.8, 4) is 17.4 Å². The molecule has 0 N–H and O–H groups in total. The van der Waals surface area contributed by atoms with Gasteiger partial charge in [-0.05, 0) is 18.2 Å². The van der Waals surface area contributed by atoms with Crippen LogP contribution in [0.2, 0.25) is 0 Å². The van der Waals surface area contributed by atoms with E-state index in [4.69, 9.17) is 9.47 Å². The zero-order valence-corrected chi connectivity index (χ0v) is 12.4. The van der Waals surface area contributed by atoms with Gasteiger partial charge >= 0.3 is 0 Å². The normalized spacial score (nSPS) is 10.3. The Hall–Kier alpha value is -3.22. The molecule has 0 amide bonds. The van der Waals surface area contributed by atoms with Crippen LogP contribution in [0.1, 0.15) is 16.1 Å². The number of pyridine rings is 2.